The lowest BCUT2D eigenvalue weighted by Crippen LogP contribution is -2.45. The van der Waals surface area contributed by atoms with Gasteiger partial charge >= 0.3 is 0 Å². The van der Waals surface area contributed by atoms with Gasteiger partial charge in [0.05, 0.1) is 0 Å². The van der Waals surface area contributed by atoms with Crippen LogP contribution in [0.3, 0.4) is 0 Å². The number of rotatable bonds is 6. The molecule has 1 aliphatic heterocycles. The quantitative estimate of drug-likeness (QED) is 0.754. The first-order chi connectivity index (χ1) is 11.4. The highest BCUT2D eigenvalue weighted by molar-refractivity contribution is 5.85. The van der Waals surface area contributed by atoms with Crippen molar-refractivity contribution in [3.8, 4) is 11.5 Å². The first kappa shape index (κ1) is 21.8. The molecule has 3 rings (SSSR count). The SMILES string of the molecule is CCC[C@@H](c1ccc(Oc2ccccc2)cc1)N1CCNCC1.Cl.Cl. The summed E-state index contributed by atoms with van der Waals surface area (Å²) >= 11 is 0. The molecule has 1 heterocycles. The van der Waals surface area contributed by atoms with E-state index in [0.29, 0.717) is 6.04 Å². The van der Waals surface area contributed by atoms with Crippen LogP contribution in [0.25, 0.3) is 0 Å². The van der Waals surface area contributed by atoms with Crippen LogP contribution in [0.1, 0.15) is 31.4 Å². The summed E-state index contributed by atoms with van der Waals surface area (Å²) in [6.45, 7) is 6.72. The predicted octanol–water partition coefficient (Wildman–Crippen LogP) is 5.07. The number of ether oxygens (including phenoxy) is 1. The maximum Gasteiger partial charge on any atom is 0.127 e. The minimum atomic E-state index is 0. The third-order valence-electron chi connectivity index (χ3n) is 4.40. The van der Waals surface area contributed by atoms with Gasteiger partial charge in [0, 0.05) is 32.2 Å². The van der Waals surface area contributed by atoms with E-state index in [1.165, 1.54) is 18.4 Å². The second kappa shape index (κ2) is 11.4. The van der Waals surface area contributed by atoms with Crippen LogP contribution in [0.5, 0.6) is 11.5 Å². The van der Waals surface area contributed by atoms with Crippen molar-refractivity contribution in [3.05, 3.63) is 60.2 Å². The fraction of sp³-hybridized carbons (Fsp3) is 0.400. The zero-order valence-corrected chi connectivity index (χ0v) is 16.3. The number of nitrogens with zero attached hydrogens (tertiary/aromatic N) is 1. The van der Waals surface area contributed by atoms with Crippen molar-refractivity contribution in [1.82, 2.24) is 10.2 Å². The molecule has 0 aliphatic carbocycles. The minimum Gasteiger partial charge on any atom is -0.457 e. The Morgan fingerprint density at radius 1 is 0.920 bits per heavy atom. The lowest BCUT2D eigenvalue weighted by atomic mass is 10.00. The average Bonchev–Trinajstić information content (AvgIpc) is 2.62. The van der Waals surface area contributed by atoms with Crippen LogP contribution < -0.4 is 10.1 Å². The Kier molecular flexibility index (Phi) is 9.91. The summed E-state index contributed by atoms with van der Waals surface area (Å²) in [6.07, 6.45) is 2.41. The number of piperazine rings is 1. The molecular formula is C20H28Cl2N2O. The number of hydrogen-bond acceptors (Lipinski definition) is 3. The van der Waals surface area contributed by atoms with Gasteiger partial charge in [-0.3, -0.25) is 4.90 Å². The summed E-state index contributed by atoms with van der Waals surface area (Å²) in [5, 5.41) is 3.44. The third kappa shape index (κ3) is 6.19. The van der Waals surface area contributed by atoms with Crippen molar-refractivity contribution in [2.45, 2.75) is 25.8 Å². The maximum absolute atomic E-state index is 5.89. The van der Waals surface area contributed by atoms with E-state index in [0.717, 1.165) is 37.7 Å². The number of halogens is 2. The van der Waals surface area contributed by atoms with Crippen LogP contribution in [0, 0.1) is 0 Å². The van der Waals surface area contributed by atoms with Gasteiger partial charge in [-0.15, -0.1) is 24.8 Å². The molecule has 0 unspecified atom stereocenters. The summed E-state index contributed by atoms with van der Waals surface area (Å²) in [7, 11) is 0. The molecule has 1 N–H and O–H groups in total. The van der Waals surface area contributed by atoms with Gasteiger partial charge in [-0.1, -0.05) is 43.7 Å². The highest BCUT2D eigenvalue weighted by Crippen LogP contribution is 2.29. The molecule has 2 aromatic rings. The molecule has 25 heavy (non-hydrogen) atoms. The Labute approximate surface area is 163 Å². The summed E-state index contributed by atoms with van der Waals surface area (Å²) in [6, 6.07) is 19.1. The van der Waals surface area contributed by atoms with Gasteiger partial charge in [0.1, 0.15) is 11.5 Å². The molecule has 5 heteroatoms. The summed E-state index contributed by atoms with van der Waals surface area (Å²) < 4.78 is 5.89. The Hall–Kier alpha value is -1.26. The highest BCUT2D eigenvalue weighted by Gasteiger charge is 2.21. The monoisotopic (exact) mass is 382 g/mol. The number of benzene rings is 2. The standard InChI is InChI=1S/C20H26N2O.2ClH/c1-2-6-20(22-15-13-21-14-16-22)17-9-11-19(12-10-17)23-18-7-4-3-5-8-18;;/h3-5,7-12,20-21H,2,6,13-16H2,1H3;2*1H/t20-;;/m0../s1. The van der Waals surface area contributed by atoms with Gasteiger partial charge in [-0.25, -0.2) is 0 Å². The highest BCUT2D eigenvalue weighted by atomic mass is 35.5. The Morgan fingerprint density at radius 2 is 1.52 bits per heavy atom. The molecule has 138 valence electrons. The van der Waals surface area contributed by atoms with Crippen molar-refractivity contribution in [3.63, 3.8) is 0 Å². The van der Waals surface area contributed by atoms with E-state index in [9.17, 15) is 0 Å². The largest absolute Gasteiger partial charge is 0.457 e. The normalized spacial score (nSPS) is 15.6. The first-order valence-corrected chi connectivity index (χ1v) is 8.64. The second-order valence-corrected chi connectivity index (χ2v) is 6.07. The zero-order chi connectivity index (χ0) is 15.9. The van der Waals surface area contributed by atoms with Gasteiger partial charge in [-0.2, -0.15) is 0 Å². The molecule has 3 nitrogen and oxygen atoms in total. The second-order valence-electron chi connectivity index (χ2n) is 6.07. The van der Waals surface area contributed by atoms with Crippen molar-refractivity contribution in [2.75, 3.05) is 26.2 Å². The molecule has 2 aromatic carbocycles. The Bertz CT molecular complexity index is 586. The van der Waals surface area contributed by atoms with Crippen LogP contribution in [0.2, 0.25) is 0 Å². The van der Waals surface area contributed by atoms with E-state index in [-0.39, 0.29) is 24.8 Å². The van der Waals surface area contributed by atoms with Crippen LogP contribution in [0.4, 0.5) is 0 Å². The zero-order valence-electron chi connectivity index (χ0n) is 14.7. The summed E-state index contributed by atoms with van der Waals surface area (Å²) in [4.78, 5) is 2.60. The molecular weight excluding hydrogens is 355 g/mol. The molecule has 0 amide bonds. The molecule has 0 bridgehead atoms. The Balaban J connectivity index is 0.00000156. The average molecular weight is 383 g/mol. The predicted molar refractivity (Wildman–Crippen MR) is 110 cm³/mol. The fourth-order valence-electron chi connectivity index (χ4n) is 3.21. The maximum atomic E-state index is 5.89. The smallest absolute Gasteiger partial charge is 0.127 e. The van der Waals surface area contributed by atoms with E-state index >= 15 is 0 Å². The van der Waals surface area contributed by atoms with Crippen molar-refractivity contribution in [1.29, 1.82) is 0 Å². The Morgan fingerprint density at radius 3 is 2.12 bits per heavy atom. The van der Waals surface area contributed by atoms with Gasteiger partial charge in [0.25, 0.3) is 0 Å². The van der Waals surface area contributed by atoms with Crippen LogP contribution in [-0.4, -0.2) is 31.1 Å². The number of hydrogen-bond donors (Lipinski definition) is 1. The molecule has 0 aromatic heterocycles. The first-order valence-electron chi connectivity index (χ1n) is 8.64. The van der Waals surface area contributed by atoms with E-state index in [1.807, 2.05) is 30.3 Å². The van der Waals surface area contributed by atoms with Crippen molar-refractivity contribution < 1.29 is 4.74 Å². The van der Waals surface area contributed by atoms with Gasteiger partial charge < -0.3 is 10.1 Å². The van der Waals surface area contributed by atoms with Gasteiger partial charge in [0.2, 0.25) is 0 Å². The fourth-order valence-corrected chi connectivity index (χ4v) is 3.21. The molecule has 0 saturated carbocycles. The van der Waals surface area contributed by atoms with Crippen molar-refractivity contribution >= 4 is 24.8 Å². The molecule has 0 spiro atoms. The van der Waals surface area contributed by atoms with Gasteiger partial charge in [-0.05, 0) is 36.2 Å². The molecule has 1 aliphatic rings. The lowest BCUT2D eigenvalue weighted by molar-refractivity contribution is 0.164. The molecule has 1 fully saturated rings. The van der Waals surface area contributed by atoms with E-state index in [4.69, 9.17) is 4.74 Å². The number of para-hydroxylation sites is 1. The molecule has 1 saturated heterocycles. The number of nitrogens with one attached hydrogen (secondary N) is 1. The third-order valence-corrected chi connectivity index (χ3v) is 4.40. The van der Waals surface area contributed by atoms with Crippen molar-refractivity contribution in [2.24, 2.45) is 0 Å². The van der Waals surface area contributed by atoms with E-state index in [1.54, 1.807) is 0 Å². The van der Waals surface area contributed by atoms with E-state index in [2.05, 4.69) is 41.4 Å². The summed E-state index contributed by atoms with van der Waals surface area (Å²) in [5.74, 6) is 1.78. The molecule has 0 radical (unpaired) electrons. The molecule has 1 atom stereocenters. The lowest BCUT2D eigenvalue weighted by Gasteiger charge is -2.35. The minimum absolute atomic E-state index is 0. The van der Waals surface area contributed by atoms with Crippen LogP contribution in [0.15, 0.2) is 54.6 Å². The van der Waals surface area contributed by atoms with E-state index < -0.39 is 0 Å². The topological polar surface area (TPSA) is 24.5 Å². The van der Waals surface area contributed by atoms with Gasteiger partial charge in [0.15, 0.2) is 0 Å². The van der Waals surface area contributed by atoms with Crippen LogP contribution >= 0.6 is 24.8 Å². The summed E-state index contributed by atoms with van der Waals surface area (Å²) in [5.41, 5.74) is 1.40. The van der Waals surface area contributed by atoms with Crippen LogP contribution in [-0.2, 0) is 0 Å².